The van der Waals surface area contributed by atoms with Crippen LogP contribution >= 0.6 is 0 Å². The average Bonchev–Trinajstić information content (AvgIpc) is 3.73. The van der Waals surface area contributed by atoms with Crippen LogP contribution in [-0.2, 0) is 15.9 Å². The van der Waals surface area contributed by atoms with Crippen LogP contribution in [0, 0.1) is 29.1 Å². The first kappa shape index (κ1) is 37.2. The Hall–Kier alpha value is -4.35. The topological polar surface area (TPSA) is 134 Å². The molecule has 56 heavy (non-hydrogen) atoms. The maximum absolute atomic E-state index is 17.3. The van der Waals surface area contributed by atoms with E-state index in [-0.39, 0.29) is 64.8 Å². The third-order valence-corrected chi connectivity index (χ3v) is 13.0. The van der Waals surface area contributed by atoms with Crippen LogP contribution in [0.4, 0.5) is 14.6 Å². The third-order valence-electron chi connectivity index (χ3n) is 13.0. The maximum atomic E-state index is 17.3. The van der Waals surface area contributed by atoms with Crippen molar-refractivity contribution < 1.29 is 38.3 Å². The van der Waals surface area contributed by atoms with E-state index in [1.54, 1.807) is 17.9 Å². The minimum absolute atomic E-state index is 0.0135. The van der Waals surface area contributed by atoms with E-state index in [0.29, 0.717) is 53.7 Å². The number of aromatic hydroxyl groups is 1. The molecule has 0 radical (unpaired) electrons. The molecule has 9 rings (SSSR count). The fraction of sp³-hybridized carbons (Fsp3) is 0.558. The molecule has 296 valence electrons. The zero-order chi connectivity index (χ0) is 38.8. The Morgan fingerprint density at radius 2 is 1.88 bits per heavy atom. The normalized spacial score (nSPS) is 30.6. The Kier molecular flexibility index (Phi) is 9.67. The van der Waals surface area contributed by atoms with Gasteiger partial charge in [-0.25, -0.2) is 8.78 Å². The lowest BCUT2D eigenvalue weighted by Gasteiger charge is -2.50. The molecule has 5 aliphatic rings. The number of anilines is 1. The van der Waals surface area contributed by atoms with Gasteiger partial charge >= 0.3 is 6.01 Å². The fourth-order valence-electron chi connectivity index (χ4n) is 10.6. The van der Waals surface area contributed by atoms with Crippen molar-refractivity contribution in [1.29, 1.82) is 0 Å². The number of phenols is 1. The van der Waals surface area contributed by atoms with E-state index in [4.69, 9.17) is 24.2 Å². The summed E-state index contributed by atoms with van der Waals surface area (Å²) in [7, 11) is 0. The number of likely N-dealkylation sites (tertiary alicyclic amines) is 1. The molecule has 3 N–H and O–H groups in total. The minimum atomic E-state index is -1.34. The number of hydrogen-bond acceptors (Lipinski definition) is 11. The number of nitrogens with zero attached hydrogens (tertiary/aromatic N) is 5. The highest BCUT2D eigenvalue weighted by atomic mass is 19.1. The zero-order valence-electron chi connectivity index (χ0n) is 31.9. The molecule has 1 saturated carbocycles. The summed E-state index contributed by atoms with van der Waals surface area (Å²) >= 11 is 0. The number of rotatable bonds is 7. The first-order chi connectivity index (χ1) is 27.0. The molecular weight excluding hydrogens is 720 g/mol. The Bertz CT molecular complexity index is 2220. The van der Waals surface area contributed by atoms with Crippen molar-refractivity contribution >= 4 is 27.5 Å². The lowest BCUT2D eigenvalue weighted by Crippen LogP contribution is -2.57. The van der Waals surface area contributed by atoms with E-state index in [1.165, 1.54) is 24.4 Å². The van der Waals surface area contributed by atoms with Crippen LogP contribution in [0.25, 0.3) is 32.9 Å². The van der Waals surface area contributed by atoms with Crippen molar-refractivity contribution in [2.45, 2.75) is 114 Å². The van der Waals surface area contributed by atoms with Gasteiger partial charge in [0, 0.05) is 29.3 Å². The van der Waals surface area contributed by atoms with Gasteiger partial charge in [0.15, 0.2) is 5.82 Å². The molecule has 6 heterocycles. The first-order valence-corrected chi connectivity index (χ1v) is 20.1. The molecule has 2 bridgehead atoms. The Balaban J connectivity index is 1.14. The van der Waals surface area contributed by atoms with E-state index in [2.05, 4.69) is 15.8 Å². The molecule has 4 saturated heterocycles. The van der Waals surface area contributed by atoms with E-state index >= 15 is 8.78 Å². The van der Waals surface area contributed by atoms with Crippen molar-refractivity contribution in [3.8, 4) is 35.0 Å². The highest BCUT2D eigenvalue weighted by molar-refractivity contribution is 6.01. The molecule has 11 nitrogen and oxygen atoms in total. The Morgan fingerprint density at radius 3 is 2.66 bits per heavy atom. The number of aliphatic hydroxyl groups is 2. The van der Waals surface area contributed by atoms with Crippen LogP contribution in [0.1, 0.15) is 77.2 Å². The Labute approximate surface area is 325 Å². The number of fused-ring (bicyclic) bond motifs is 5. The van der Waals surface area contributed by atoms with Crippen LogP contribution in [0.3, 0.4) is 0 Å². The van der Waals surface area contributed by atoms with Crippen LogP contribution < -0.4 is 9.64 Å². The molecule has 2 aromatic carbocycles. The summed E-state index contributed by atoms with van der Waals surface area (Å²) in [5.41, 5.74) is -1.01. The average molecular weight is 770 g/mol. The van der Waals surface area contributed by atoms with Gasteiger partial charge in [0.05, 0.1) is 43.9 Å². The Morgan fingerprint density at radius 1 is 1.07 bits per heavy atom. The lowest BCUT2D eigenvalue weighted by molar-refractivity contribution is -0.0798. The number of aryl methyl sites for hydroxylation is 1. The van der Waals surface area contributed by atoms with Gasteiger partial charge in [0.2, 0.25) is 0 Å². The number of piperidine rings is 1. The lowest BCUT2D eigenvalue weighted by atomic mass is 9.74. The molecule has 13 heteroatoms. The summed E-state index contributed by atoms with van der Waals surface area (Å²) in [6.07, 6.45) is 13.4. The highest BCUT2D eigenvalue weighted by Gasteiger charge is 2.51. The quantitative estimate of drug-likeness (QED) is 0.180. The molecule has 6 atom stereocenters. The van der Waals surface area contributed by atoms with Crippen molar-refractivity contribution in [3.05, 3.63) is 47.7 Å². The van der Waals surface area contributed by atoms with E-state index < -0.39 is 23.3 Å². The van der Waals surface area contributed by atoms with E-state index in [0.717, 1.165) is 64.3 Å². The predicted octanol–water partition coefficient (Wildman–Crippen LogP) is 6.40. The van der Waals surface area contributed by atoms with Gasteiger partial charge < -0.3 is 34.4 Å². The molecule has 2 aromatic heterocycles. The monoisotopic (exact) mass is 769 g/mol. The molecule has 0 spiro atoms. The molecule has 3 unspecified atom stereocenters. The van der Waals surface area contributed by atoms with Crippen LogP contribution in [0.2, 0.25) is 0 Å². The van der Waals surface area contributed by atoms with Crippen LogP contribution in [0.5, 0.6) is 11.8 Å². The van der Waals surface area contributed by atoms with Crippen molar-refractivity contribution in [1.82, 2.24) is 19.9 Å². The molecule has 0 amide bonds. The van der Waals surface area contributed by atoms with Gasteiger partial charge in [-0.05, 0) is 112 Å². The summed E-state index contributed by atoms with van der Waals surface area (Å²) in [4.78, 5) is 18.7. The number of pyridine rings is 1. The summed E-state index contributed by atoms with van der Waals surface area (Å²) < 4.78 is 51.2. The van der Waals surface area contributed by atoms with Gasteiger partial charge in [0.25, 0.3) is 0 Å². The SMILES string of the molecule is CCc1c(F)ccc2cc(O)cc(-c3ncc4c(N5C[C@H](C#CO)OC[C@@](C)(O)C5)nc(OC[C@]56CCCC5N(C5CC7CCC(C5)O7)CCC6)nc4c3F)c12. The smallest absolute Gasteiger partial charge is 0.319 e. The number of benzene rings is 2. The van der Waals surface area contributed by atoms with E-state index in [1.807, 2.05) is 13.0 Å². The van der Waals surface area contributed by atoms with E-state index in [9.17, 15) is 15.3 Å². The van der Waals surface area contributed by atoms with Gasteiger partial charge in [-0.1, -0.05) is 19.4 Å². The van der Waals surface area contributed by atoms with Crippen LogP contribution in [0.15, 0.2) is 30.5 Å². The van der Waals surface area contributed by atoms with Gasteiger partial charge in [-0.2, -0.15) is 9.97 Å². The number of β-amino-alcohol motifs (C(OH)–C–C–N with tert-alkyl or cyclic N) is 1. The number of aliphatic hydroxyl groups excluding tert-OH is 1. The zero-order valence-corrected chi connectivity index (χ0v) is 31.9. The maximum Gasteiger partial charge on any atom is 0.319 e. The predicted molar refractivity (Wildman–Crippen MR) is 206 cm³/mol. The number of halogens is 2. The molecule has 5 fully saturated rings. The van der Waals surface area contributed by atoms with Crippen LogP contribution in [-0.4, -0.2) is 104 Å². The summed E-state index contributed by atoms with van der Waals surface area (Å²) in [5, 5.41) is 32.8. The first-order valence-electron chi connectivity index (χ1n) is 20.1. The van der Waals surface area contributed by atoms with Crippen molar-refractivity contribution in [2.75, 3.05) is 37.7 Å². The minimum Gasteiger partial charge on any atom is -0.508 e. The molecule has 4 aliphatic heterocycles. The number of hydrogen-bond donors (Lipinski definition) is 3. The summed E-state index contributed by atoms with van der Waals surface area (Å²) in [5.74, 6) is 1.58. The fourth-order valence-corrected chi connectivity index (χ4v) is 10.6. The number of phenolic OH excluding ortho intramolecular Hbond substituents is 1. The second-order valence-electron chi connectivity index (χ2n) is 16.9. The second kappa shape index (κ2) is 14.5. The van der Waals surface area contributed by atoms with Gasteiger partial charge in [-0.3, -0.25) is 9.88 Å². The molecular formula is C43H49F2N5O6. The number of aromatic nitrogens is 3. The van der Waals surface area contributed by atoms with Crippen molar-refractivity contribution in [3.63, 3.8) is 0 Å². The summed E-state index contributed by atoms with van der Waals surface area (Å²) in [6.45, 7) is 4.98. The number of ether oxygens (including phenoxy) is 3. The molecule has 4 aromatic rings. The standard InChI is InChI=1S/C43H49F2N5O6/c1-3-31-34(44)10-7-25-16-27(52)19-32(36(25)31)38-37(45)39-33(20-46-38)40(49-21-30(11-15-51)54-23-42(2,53)22-49)48-41(47-39)55-24-43-12-4-6-35(43)50(14-5-13-43)26-17-28-8-9-29(18-26)56-28/h7,10,16,19-20,26,28-30,35,51-53H,3-6,8-9,12-14,17-18,21-24H2,1-2H3/t26?,28?,29?,30-,35?,42-,43+/m0/s1. The third kappa shape index (κ3) is 6.68. The van der Waals surface area contributed by atoms with Gasteiger partial charge in [-0.15, -0.1) is 0 Å². The highest BCUT2D eigenvalue weighted by Crippen LogP contribution is 2.50. The second-order valence-corrected chi connectivity index (χ2v) is 16.9. The summed E-state index contributed by atoms with van der Waals surface area (Å²) in [6, 6.07) is 6.67. The molecule has 1 aliphatic carbocycles. The largest absolute Gasteiger partial charge is 0.508 e. The van der Waals surface area contributed by atoms with Gasteiger partial charge in [0.1, 0.15) is 46.4 Å². The van der Waals surface area contributed by atoms with Crippen molar-refractivity contribution in [2.24, 2.45) is 5.41 Å².